The van der Waals surface area contributed by atoms with E-state index in [2.05, 4.69) is 6.92 Å². The minimum Gasteiger partial charge on any atom is -0.496 e. The van der Waals surface area contributed by atoms with Gasteiger partial charge in [0.1, 0.15) is 11.6 Å². The molecule has 0 saturated heterocycles. The van der Waals surface area contributed by atoms with E-state index >= 15 is 4.39 Å². The Labute approximate surface area is 203 Å². The summed E-state index contributed by atoms with van der Waals surface area (Å²) in [4.78, 5) is 24.7. The summed E-state index contributed by atoms with van der Waals surface area (Å²) in [6.07, 6.45) is 5.72. The summed E-state index contributed by atoms with van der Waals surface area (Å²) < 4.78 is 25.7. The van der Waals surface area contributed by atoms with Gasteiger partial charge in [0.05, 0.1) is 14.2 Å². The smallest absolute Gasteiger partial charge is 0.305 e. The number of carbonyl (C=O) groups is 2. The molecule has 1 atom stereocenters. The SMILES string of the molecule is CCCCC(=O)c1c(C)c(C)c(OC)c(C(CCCCCC(=O)OC)c2ccccc2F)c1C. The fraction of sp³-hybridized carbons (Fsp3) is 0.517. The van der Waals surface area contributed by atoms with Crippen LogP contribution in [0.4, 0.5) is 4.39 Å². The van der Waals surface area contributed by atoms with Crippen LogP contribution >= 0.6 is 0 Å². The third kappa shape index (κ3) is 6.46. The number of unbranched alkanes of at least 4 members (excludes halogenated alkanes) is 3. The highest BCUT2D eigenvalue weighted by Crippen LogP contribution is 2.43. The molecule has 2 aromatic carbocycles. The van der Waals surface area contributed by atoms with Crippen LogP contribution in [0.25, 0.3) is 0 Å². The molecule has 34 heavy (non-hydrogen) atoms. The second kappa shape index (κ2) is 13.3. The van der Waals surface area contributed by atoms with Crippen LogP contribution in [0.3, 0.4) is 0 Å². The molecule has 2 rings (SSSR count). The first-order valence-electron chi connectivity index (χ1n) is 12.3. The molecule has 0 aliphatic rings. The molecular weight excluding hydrogens is 431 g/mol. The van der Waals surface area contributed by atoms with Gasteiger partial charge in [0.15, 0.2) is 5.78 Å². The van der Waals surface area contributed by atoms with Gasteiger partial charge >= 0.3 is 5.97 Å². The van der Waals surface area contributed by atoms with Crippen molar-refractivity contribution in [1.29, 1.82) is 0 Å². The van der Waals surface area contributed by atoms with E-state index in [4.69, 9.17) is 9.47 Å². The molecule has 0 spiro atoms. The Morgan fingerprint density at radius 2 is 1.62 bits per heavy atom. The number of carbonyl (C=O) groups excluding carboxylic acids is 2. The number of esters is 1. The summed E-state index contributed by atoms with van der Waals surface area (Å²) in [5.41, 5.74) is 4.98. The van der Waals surface area contributed by atoms with Gasteiger partial charge in [-0.25, -0.2) is 4.39 Å². The lowest BCUT2D eigenvalue weighted by molar-refractivity contribution is -0.140. The molecule has 0 saturated carbocycles. The van der Waals surface area contributed by atoms with E-state index in [-0.39, 0.29) is 23.5 Å². The van der Waals surface area contributed by atoms with Crippen molar-refractivity contribution >= 4 is 11.8 Å². The van der Waals surface area contributed by atoms with Gasteiger partial charge in [-0.1, -0.05) is 44.4 Å². The molecule has 0 amide bonds. The first kappa shape index (κ1) is 27.6. The van der Waals surface area contributed by atoms with Gasteiger partial charge in [-0.3, -0.25) is 9.59 Å². The zero-order valence-corrected chi connectivity index (χ0v) is 21.6. The van der Waals surface area contributed by atoms with Gasteiger partial charge in [0.2, 0.25) is 0 Å². The van der Waals surface area contributed by atoms with Crippen LogP contribution in [0.1, 0.15) is 102 Å². The van der Waals surface area contributed by atoms with Gasteiger partial charge in [-0.05, 0) is 68.4 Å². The lowest BCUT2D eigenvalue weighted by atomic mass is 9.79. The third-order valence-electron chi connectivity index (χ3n) is 6.77. The fourth-order valence-corrected chi connectivity index (χ4v) is 4.82. The molecule has 1 unspecified atom stereocenters. The molecule has 0 heterocycles. The van der Waals surface area contributed by atoms with E-state index in [9.17, 15) is 9.59 Å². The Morgan fingerprint density at radius 1 is 0.912 bits per heavy atom. The summed E-state index contributed by atoms with van der Waals surface area (Å²) in [5, 5.41) is 0. The second-order valence-corrected chi connectivity index (χ2v) is 8.97. The average molecular weight is 471 g/mol. The van der Waals surface area contributed by atoms with Crippen molar-refractivity contribution in [2.45, 2.75) is 85.0 Å². The molecule has 5 heteroatoms. The summed E-state index contributed by atoms with van der Waals surface area (Å²) >= 11 is 0. The van der Waals surface area contributed by atoms with E-state index in [1.54, 1.807) is 13.2 Å². The Hall–Kier alpha value is -2.69. The number of hydrogen-bond donors (Lipinski definition) is 0. The van der Waals surface area contributed by atoms with E-state index in [1.807, 2.05) is 32.9 Å². The lowest BCUT2D eigenvalue weighted by Gasteiger charge is -2.27. The molecular formula is C29H39FO4. The van der Waals surface area contributed by atoms with Gasteiger partial charge in [0, 0.05) is 29.9 Å². The van der Waals surface area contributed by atoms with E-state index < -0.39 is 0 Å². The summed E-state index contributed by atoms with van der Waals surface area (Å²) in [6.45, 7) is 7.99. The van der Waals surface area contributed by atoms with Gasteiger partial charge < -0.3 is 9.47 Å². The topological polar surface area (TPSA) is 52.6 Å². The maximum atomic E-state index is 15.1. The van der Waals surface area contributed by atoms with Gasteiger partial charge in [0.25, 0.3) is 0 Å². The zero-order chi connectivity index (χ0) is 25.3. The Balaban J connectivity index is 2.55. The average Bonchev–Trinajstić information content (AvgIpc) is 2.83. The van der Waals surface area contributed by atoms with Crippen LogP contribution in [0, 0.1) is 26.6 Å². The van der Waals surface area contributed by atoms with Crippen LogP contribution in [0.5, 0.6) is 5.75 Å². The van der Waals surface area contributed by atoms with Crippen molar-refractivity contribution in [1.82, 2.24) is 0 Å². The number of hydrogen-bond acceptors (Lipinski definition) is 4. The maximum absolute atomic E-state index is 15.1. The van der Waals surface area contributed by atoms with Crippen molar-refractivity contribution in [2.75, 3.05) is 14.2 Å². The fourth-order valence-electron chi connectivity index (χ4n) is 4.82. The number of methoxy groups -OCH3 is 2. The molecule has 0 radical (unpaired) electrons. The number of Topliss-reactive ketones (excluding diaryl/α,β-unsaturated/α-hetero) is 1. The molecule has 2 aromatic rings. The number of ether oxygens (including phenoxy) is 2. The standard InChI is InChI=1S/C29H39FO4/c1-7-8-17-25(31)27-19(2)20(3)29(34-6)28(21(27)4)23(22-14-12-13-16-24(22)30)15-10-9-11-18-26(32)33-5/h12-14,16,23H,7-11,15,17-18H2,1-6H3. The van der Waals surface area contributed by atoms with Crippen LogP contribution in [0.2, 0.25) is 0 Å². The second-order valence-electron chi connectivity index (χ2n) is 8.97. The number of rotatable bonds is 13. The van der Waals surface area contributed by atoms with Crippen molar-refractivity contribution in [3.8, 4) is 5.75 Å². The van der Waals surface area contributed by atoms with Crippen LogP contribution in [0.15, 0.2) is 24.3 Å². The quantitative estimate of drug-likeness (QED) is 0.174. The molecule has 0 N–H and O–H groups in total. The molecule has 0 bridgehead atoms. The Morgan fingerprint density at radius 3 is 2.24 bits per heavy atom. The maximum Gasteiger partial charge on any atom is 0.305 e. The molecule has 0 fully saturated rings. The summed E-state index contributed by atoms with van der Waals surface area (Å²) in [7, 11) is 3.03. The lowest BCUT2D eigenvalue weighted by Crippen LogP contribution is -2.15. The third-order valence-corrected chi connectivity index (χ3v) is 6.77. The first-order chi connectivity index (χ1) is 16.3. The number of ketones is 1. The van der Waals surface area contributed by atoms with E-state index in [0.717, 1.165) is 65.7 Å². The van der Waals surface area contributed by atoms with Crippen molar-refractivity contribution in [3.05, 3.63) is 63.5 Å². The summed E-state index contributed by atoms with van der Waals surface area (Å²) in [6, 6.07) is 6.84. The van der Waals surface area contributed by atoms with Crippen molar-refractivity contribution in [3.63, 3.8) is 0 Å². The van der Waals surface area contributed by atoms with Crippen molar-refractivity contribution in [2.24, 2.45) is 0 Å². The molecule has 4 nitrogen and oxygen atoms in total. The van der Waals surface area contributed by atoms with Crippen LogP contribution < -0.4 is 4.74 Å². The predicted molar refractivity (Wildman–Crippen MR) is 134 cm³/mol. The highest BCUT2D eigenvalue weighted by molar-refractivity contribution is 6.00. The normalized spacial score (nSPS) is 11.9. The van der Waals surface area contributed by atoms with Gasteiger partial charge in [-0.15, -0.1) is 0 Å². The Bertz CT molecular complexity index is 996. The van der Waals surface area contributed by atoms with Gasteiger partial charge in [-0.2, -0.15) is 0 Å². The minimum absolute atomic E-state index is 0.134. The molecule has 0 aromatic heterocycles. The predicted octanol–water partition coefficient (Wildman–Crippen LogP) is 7.39. The molecule has 0 aliphatic heterocycles. The summed E-state index contributed by atoms with van der Waals surface area (Å²) in [5.74, 6) is 0.124. The zero-order valence-electron chi connectivity index (χ0n) is 21.6. The highest BCUT2D eigenvalue weighted by Gasteiger charge is 2.29. The Kier molecular flexibility index (Phi) is 10.7. The van der Waals surface area contributed by atoms with Crippen LogP contribution in [-0.4, -0.2) is 26.0 Å². The monoisotopic (exact) mass is 470 g/mol. The molecule has 0 aliphatic carbocycles. The van der Waals surface area contributed by atoms with Crippen LogP contribution in [-0.2, 0) is 9.53 Å². The highest BCUT2D eigenvalue weighted by atomic mass is 19.1. The number of halogens is 1. The van der Waals surface area contributed by atoms with Crippen molar-refractivity contribution < 1.29 is 23.5 Å². The number of benzene rings is 2. The molecule has 186 valence electrons. The van der Waals surface area contributed by atoms with E-state index in [0.29, 0.717) is 24.8 Å². The van der Waals surface area contributed by atoms with E-state index in [1.165, 1.54) is 13.2 Å². The minimum atomic E-state index is -0.263. The first-order valence-corrected chi connectivity index (χ1v) is 12.3. The largest absolute Gasteiger partial charge is 0.496 e.